The maximum absolute atomic E-state index is 13.8. The van der Waals surface area contributed by atoms with E-state index >= 15 is 0 Å². The average Bonchev–Trinajstić information content (AvgIpc) is 3.03. The average molecular weight is 712 g/mol. The lowest BCUT2D eigenvalue weighted by Gasteiger charge is -2.24. The zero-order valence-corrected chi connectivity index (χ0v) is 28.4. The highest BCUT2D eigenvalue weighted by molar-refractivity contribution is 9.10. The van der Waals surface area contributed by atoms with Crippen molar-refractivity contribution in [2.45, 2.75) is 19.4 Å². The molecule has 10 nitrogen and oxygen atoms in total. The van der Waals surface area contributed by atoms with Crippen molar-refractivity contribution in [1.29, 1.82) is 0 Å². The first-order valence-electron chi connectivity index (χ1n) is 13.9. The third kappa shape index (κ3) is 5.71. The minimum atomic E-state index is -1.27. The predicted octanol–water partition coefficient (Wildman–Crippen LogP) is 5.70. The Morgan fingerprint density at radius 3 is 1.89 bits per heavy atom. The fraction of sp³-hybridized carbons (Fsp3) is 0.250. The smallest absolute Gasteiger partial charge is 0.262 e. The maximum Gasteiger partial charge on any atom is 0.262 e. The standard InChI is InChI=1S/C32H31BrN4O6S2/c1-6-42-22-15-20(14-21(33)26(22)43-16-17-11-12-18-9-7-8-10-19(18)13-17)23(24-27(38)34(2)31(44)35(3)28(24)39)25-29(40)36(4)32(45)37(5)30(25)41/h7-15,23,38,40H,6,16H2,1-5H3. The summed E-state index contributed by atoms with van der Waals surface area (Å²) in [6.45, 7) is 2.34. The molecule has 0 radical (unpaired) electrons. The van der Waals surface area contributed by atoms with Crippen molar-refractivity contribution in [3.05, 3.63) is 112 Å². The van der Waals surface area contributed by atoms with Gasteiger partial charge in [-0.15, -0.1) is 0 Å². The molecular weight excluding hydrogens is 680 g/mol. The Hall–Kier alpha value is -4.20. The second-order valence-electron chi connectivity index (χ2n) is 10.6. The molecule has 0 bridgehead atoms. The van der Waals surface area contributed by atoms with Crippen LogP contribution in [0, 0.1) is 9.54 Å². The number of hydrogen-bond acceptors (Lipinski definition) is 8. The zero-order valence-electron chi connectivity index (χ0n) is 25.2. The lowest BCUT2D eigenvalue weighted by atomic mass is 9.86. The maximum atomic E-state index is 13.8. The van der Waals surface area contributed by atoms with Gasteiger partial charge in [0, 0.05) is 28.2 Å². The molecule has 0 aliphatic carbocycles. The van der Waals surface area contributed by atoms with Gasteiger partial charge < -0.3 is 19.7 Å². The van der Waals surface area contributed by atoms with Crippen molar-refractivity contribution in [1.82, 2.24) is 18.3 Å². The van der Waals surface area contributed by atoms with Crippen LogP contribution in [-0.2, 0) is 34.8 Å². The van der Waals surface area contributed by atoms with Gasteiger partial charge in [0.15, 0.2) is 21.0 Å². The van der Waals surface area contributed by atoms with Crippen LogP contribution in [0.3, 0.4) is 0 Å². The topological polar surface area (TPSA) is 113 Å². The SMILES string of the molecule is CCOc1cc(C(c2c(O)n(C)c(=S)n(C)c2=O)c2c(O)n(C)c(=S)n(C)c2=O)cc(Br)c1OCc1ccc2ccccc2c1. The Balaban J connectivity index is 1.73. The van der Waals surface area contributed by atoms with Gasteiger partial charge >= 0.3 is 0 Å². The number of hydrogen-bond donors (Lipinski definition) is 2. The van der Waals surface area contributed by atoms with E-state index in [2.05, 4.69) is 22.0 Å². The van der Waals surface area contributed by atoms with E-state index in [4.69, 9.17) is 33.9 Å². The van der Waals surface area contributed by atoms with E-state index < -0.39 is 28.8 Å². The van der Waals surface area contributed by atoms with Gasteiger partial charge in [0.25, 0.3) is 11.1 Å². The molecule has 0 spiro atoms. The van der Waals surface area contributed by atoms with Crippen molar-refractivity contribution in [3.63, 3.8) is 0 Å². The van der Waals surface area contributed by atoms with Crippen LogP contribution in [0.2, 0.25) is 0 Å². The molecule has 2 N–H and O–H groups in total. The summed E-state index contributed by atoms with van der Waals surface area (Å²) in [5, 5.41) is 24.9. The van der Waals surface area contributed by atoms with Crippen LogP contribution in [0.25, 0.3) is 10.8 Å². The first-order chi connectivity index (χ1) is 21.4. The van der Waals surface area contributed by atoms with E-state index in [-0.39, 0.29) is 33.9 Å². The Bertz CT molecular complexity index is 2130. The highest BCUT2D eigenvalue weighted by Crippen LogP contribution is 2.44. The summed E-state index contributed by atoms with van der Waals surface area (Å²) in [5.74, 6) is -1.44. The number of nitrogens with zero attached hydrogens (tertiary/aromatic N) is 4. The molecule has 0 fully saturated rings. The molecular formula is C32H31BrN4O6S2. The second kappa shape index (κ2) is 12.7. The minimum absolute atomic E-state index is 0.0669. The van der Waals surface area contributed by atoms with Crippen molar-refractivity contribution < 1.29 is 19.7 Å². The van der Waals surface area contributed by atoms with Gasteiger partial charge in [-0.2, -0.15) is 0 Å². The molecule has 0 aliphatic heterocycles. The number of halogens is 1. The number of aromatic nitrogens is 4. The van der Waals surface area contributed by atoms with Gasteiger partial charge in [-0.3, -0.25) is 27.9 Å². The molecule has 3 aromatic carbocycles. The summed E-state index contributed by atoms with van der Waals surface area (Å²) in [7, 11) is 5.96. The van der Waals surface area contributed by atoms with Crippen LogP contribution in [0.15, 0.2) is 68.7 Å². The van der Waals surface area contributed by atoms with E-state index in [0.29, 0.717) is 21.5 Å². The van der Waals surface area contributed by atoms with Crippen LogP contribution < -0.4 is 20.6 Å². The van der Waals surface area contributed by atoms with Gasteiger partial charge in [0.1, 0.15) is 6.61 Å². The lowest BCUT2D eigenvalue weighted by Crippen LogP contribution is -2.33. The van der Waals surface area contributed by atoms with Gasteiger partial charge in [0.2, 0.25) is 11.8 Å². The molecule has 2 aromatic heterocycles. The highest BCUT2D eigenvalue weighted by atomic mass is 79.9. The van der Waals surface area contributed by atoms with Gasteiger partial charge in [-0.05, 0) is 87.4 Å². The van der Waals surface area contributed by atoms with Crippen LogP contribution in [0.1, 0.15) is 35.1 Å². The monoisotopic (exact) mass is 710 g/mol. The Morgan fingerprint density at radius 2 is 1.33 bits per heavy atom. The molecule has 0 amide bonds. The van der Waals surface area contributed by atoms with E-state index in [1.807, 2.05) is 43.3 Å². The zero-order chi connectivity index (χ0) is 32.7. The molecule has 0 saturated carbocycles. The van der Waals surface area contributed by atoms with Gasteiger partial charge in [-0.25, -0.2) is 0 Å². The molecule has 0 aliphatic rings. The van der Waals surface area contributed by atoms with Crippen molar-refractivity contribution in [2.24, 2.45) is 28.2 Å². The molecule has 234 valence electrons. The van der Waals surface area contributed by atoms with Crippen LogP contribution in [0.4, 0.5) is 0 Å². The summed E-state index contributed by atoms with van der Waals surface area (Å²) in [6.07, 6.45) is 0. The Kier molecular flexibility index (Phi) is 9.06. The third-order valence-electron chi connectivity index (χ3n) is 7.77. The Labute approximate surface area is 277 Å². The number of aromatic hydroxyl groups is 2. The fourth-order valence-corrected chi connectivity index (χ4v) is 6.26. The molecule has 5 rings (SSSR count). The Morgan fingerprint density at radius 1 is 0.778 bits per heavy atom. The summed E-state index contributed by atoms with van der Waals surface area (Å²) >= 11 is 14.3. The van der Waals surface area contributed by atoms with E-state index in [1.54, 1.807) is 12.1 Å². The number of fused-ring (bicyclic) bond motifs is 1. The first-order valence-corrected chi connectivity index (χ1v) is 15.5. The normalized spacial score (nSPS) is 11.4. The summed E-state index contributed by atoms with van der Waals surface area (Å²) in [6, 6.07) is 17.4. The van der Waals surface area contributed by atoms with Crippen molar-refractivity contribution in [2.75, 3.05) is 6.61 Å². The van der Waals surface area contributed by atoms with Crippen LogP contribution in [-0.4, -0.2) is 35.1 Å². The van der Waals surface area contributed by atoms with E-state index in [0.717, 1.165) is 16.3 Å². The molecule has 13 heteroatoms. The van der Waals surface area contributed by atoms with Gasteiger partial charge in [0.05, 0.1) is 28.1 Å². The molecule has 45 heavy (non-hydrogen) atoms. The lowest BCUT2D eigenvalue weighted by molar-refractivity contribution is 0.267. The van der Waals surface area contributed by atoms with Crippen molar-refractivity contribution >= 4 is 51.1 Å². The summed E-state index contributed by atoms with van der Waals surface area (Å²) < 4.78 is 17.8. The molecule has 0 saturated heterocycles. The number of benzene rings is 3. The highest BCUT2D eigenvalue weighted by Gasteiger charge is 2.33. The quantitative estimate of drug-likeness (QED) is 0.197. The second-order valence-corrected chi connectivity index (χ2v) is 12.1. The first kappa shape index (κ1) is 32.2. The summed E-state index contributed by atoms with van der Waals surface area (Å²) in [4.78, 5) is 27.5. The largest absolute Gasteiger partial charge is 0.494 e. The fourth-order valence-electron chi connectivity index (χ4n) is 5.34. The van der Waals surface area contributed by atoms with Crippen LogP contribution in [0.5, 0.6) is 23.3 Å². The molecule has 0 atom stereocenters. The number of rotatable bonds is 8. The van der Waals surface area contributed by atoms with Crippen molar-refractivity contribution in [3.8, 4) is 23.3 Å². The summed E-state index contributed by atoms with van der Waals surface area (Å²) in [5.41, 5.74) is -0.317. The van der Waals surface area contributed by atoms with Crippen LogP contribution >= 0.6 is 40.4 Å². The third-order valence-corrected chi connectivity index (χ3v) is 9.46. The molecule has 2 heterocycles. The van der Waals surface area contributed by atoms with E-state index in [1.165, 1.54) is 46.5 Å². The predicted molar refractivity (Wildman–Crippen MR) is 181 cm³/mol. The van der Waals surface area contributed by atoms with Gasteiger partial charge in [-0.1, -0.05) is 36.4 Å². The molecule has 5 aromatic rings. The van der Waals surface area contributed by atoms with E-state index in [9.17, 15) is 19.8 Å². The minimum Gasteiger partial charge on any atom is -0.494 e. The number of ether oxygens (including phenoxy) is 2. The molecule has 0 unspecified atom stereocenters.